The first-order valence-corrected chi connectivity index (χ1v) is 7.03. The third-order valence-electron chi connectivity index (χ3n) is 3.17. The van der Waals surface area contributed by atoms with Gasteiger partial charge in [0.05, 0.1) is 22.1 Å². The maximum atomic E-state index is 6.23. The number of aryl methyl sites for hydroxylation is 1. The van der Waals surface area contributed by atoms with Gasteiger partial charge in [-0.1, -0.05) is 36.7 Å². The molecule has 0 spiro atoms. The molecular formula is C15H20ClN3. The first-order valence-electron chi connectivity index (χ1n) is 6.65. The molecule has 4 heteroatoms. The molecule has 0 aliphatic rings. The van der Waals surface area contributed by atoms with Crippen molar-refractivity contribution in [1.82, 2.24) is 15.1 Å². The average molecular weight is 278 g/mol. The molecule has 1 heterocycles. The molecule has 2 aromatic rings. The van der Waals surface area contributed by atoms with Gasteiger partial charge in [0.25, 0.3) is 0 Å². The van der Waals surface area contributed by atoms with Crippen LogP contribution >= 0.6 is 11.6 Å². The Balaban J connectivity index is 2.36. The fourth-order valence-electron chi connectivity index (χ4n) is 2.12. The second-order valence-corrected chi connectivity index (χ2v) is 5.08. The Morgan fingerprint density at radius 3 is 2.63 bits per heavy atom. The van der Waals surface area contributed by atoms with Crippen molar-refractivity contribution < 1.29 is 0 Å². The maximum Gasteiger partial charge on any atom is 0.0848 e. The lowest BCUT2D eigenvalue weighted by atomic mass is 10.1. The smallest absolute Gasteiger partial charge is 0.0848 e. The first kappa shape index (κ1) is 14.1. The van der Waals surface area contributed by atoms with Crippen LogP contribution in [0, 0.1) is 13.8 Å². The van der Waals surface area contributed by atoms with E-state index in [0.29, 0.717) is 0 Å². The van der Waals surface area contributed by atoms with Crippen molar-refractivity contribution in [3.05, 3.63) is 46.2 Å². The number of aromatic nitrogens is 2. The number of benzene rings is 1. The molecule has 0 bridgehead atoms. The lowest BCUT2D eigenvalue weighted by Gasteiger charge is -2.11. The molecule has 0 saturated heterocycles. The van der Waals surface area contributed by atoms with E-state index in [4.69, 9.17) is 11.6 Å². The van der Waals surface area contributed by atoms with Gasteiger partial charge in [0.2, 0.25) is 0 Å². The minimum Gasteiger partial charge on any atom is -0.313 e. The second kappa shape index (κ2) is 6.22. The Bertz CT molecular complexity index is 561. The Kier molecular flexibility index (Phi) is 4.61. The summed E-state index contributed by atoms with van der Waals surface area (Å²) in [6.07, 6.45) is 1.13. The summed E-state index contributed by atoms with van der Waals surface area (Å²) in [6, 6.07) is 8.30. The van der Waals surface area contributed by atoms with E-state index in [2.05, 4.69) is 35.5 Å². The van der Waals surface area contributed by atoms with Crippen LogP contribution in [-0.4, -0.2) is 16.3 Å². The summed E-state index contributed by atoms with van der Waals surface area (Å²) in [5.41, 5.74) is 4.19. The molecule has 19 heavy (non-hydrogen) atoms. The van der Waals surface area contributed by atoms with Crippen LogP contribution in [0.25, 0.3) is 5.69 Å². The molecule has 0 saturated carbocycles. The summed E-state index contributed by atoms with van der Waals surface area (Å²) in [5.74, 6) is 0. The van der Waals surface area contributed by atoms with Gasteiger partial charge >= 0.3 is 0 Å². The SMILES string of the molecule is CCCNCc1ccccc1-n1nc(C)c(Cl)c1C. The molecule has 0 atom stereocenters. The lowest BCUT2D eigenvalue weighted by molar-refractivity contribution is 0.669. The lowest BCUT2D eigenvalue weighted by Crippen LogP contribution is -2.16. The topological polar surface area (TPSA) is 29.9 Å². The maximum absolute atomic E-state index is 6.23. The highest BCUT2D eigenvalue weighted by Crippen LogP contribution is 2.24. The van der Waals surface area contributed by atoms with Gasteiger partial charge < -0.3 is 5.32 Å². The van der Waals surface area contributed by atoms with Gasteiger partial charge in [-0.2, -0.15) is 5.10 Å². The zero-order chi connectivity index (χ0) is 13.8. The average Bonchev–Trinajstić information content (AvgIpc) is 2.67. The summed E-state index contributed by atoms with van der Waals surface area (Å²) in [6.45, 7) is 7.97. The molecule has 0 aliphatic carbocycles. The fraction of sp³-hybridized carbons (Fsp3) is 0.400. The van der Waals surface area contributed by atoms with Gasteiger partial charge in [-0.25, -0.2) is 4.68 Å². The third-order valence-corrected chi connectivity index (χ3v) is 3.71. The number of para-hydroxylation sites is 1. The van der Waals surface area contributed by atoms with Gasteiger partial charge in [0.1, 0.15) is 0 Å². The highest BCUT2D eigenvalue weighted by molar-refractivity contribution is 6.31. The van der Waals surface area contributed by atoms with Crippen LogP contribution in [0.1, 0.15) is 30.3 Å². The second-order valence-electron chi connectivity index (χ2n) is 4.70. The van der Waals surface area contributed by atoms with Crippen LogP contribution in [-0.2, 0) is 6.54 Å². The van der Waals surface area contributed by atoms with Crippen molar-refractivity contribution in [2.45, 2.75) is 33.7 Å². The summed E-state index contributed by atoms with van der Waals surface area (Å²) in [4.78, 5) is 0. The summed E-state index contributed by atoms with van der Waals surface area (Å²) in [5, 5.41) is 8.70. The van der Waals surface area contributed by atoms with E-state index < -0.39 is 0 Å². The minimum atomic E-state index is 0.747. The Morgan fingerprint density at radius 1 is 1.26 bits per heavy atom. The largest absolute Gasteiger partial charge is 0.313 e. The zero-order valence-corrected chi connectivity index (χ0v) is 12.5. The van der Waals surface area contributed by atoms with Crippen LogP contribution in [0.5, 0.6) is 0 Å². The highest BCUT2D eigenvalue weighted by atomic mass is 35.5. The normalized spacial score (nSPS) is 10.9. The van der Waals surface area contributed by atoms with Gasteiger partial charge in [0.15, 0.2) is 0 Å². The van der Waals surface area contributed by atoms with Crippen molar-refractivity contribution in [2.75, 3.05) is 6.54 Å². The third kappa shape index (κ3) is 2.99. The molecule has 0 radical (unpaired) electrons. The van der Waals surface area contributed by atoms with E-state index in [0.717, 1.165) is 41.6 Å². The van der Waals surface area contributed by atoms with E-state index in [9.17, 15) is 0 Å². The van der Waals surface area contributed by atoms with E-state index in [1.807, 2.05) is 24.6 Å². The Labute approximate surface area is 119 Å². The van der Waals surface area contributed by atoms with Crippen molar-refractivity contribution in [1.29, 1.82) is 0 Å². The standard InChI is InChI=1S/C15H20ClN3/c1-4-9-17-10-13-7-5-6-8-14(13)19-12(3)15(16)11(2)18-19/h5-8,17H,4,9-10H2,1-3H3. The van der Waals surface area contributed by atoms with Gasteiger partial charge in [-0.15, -0.1) is 0 Å². The molecular weight excluding hydrogens is 258 g/mol. The van der Waals surface area contributed by atoms with Crippen LogP contribution < -0.4 is 5.32 Å². The van der Waals surface area contributed by atoms with E-state index >= 15 is 0 Å². The number of hydrogen-bond acceptors (Lipinski definition) is 2. The van der Waals surface area contributed by atoms with Crippen LogP contribution in [0.15, 0.2) is 24.3 Å². The molecule has 1 aromatic carbocycles. The van der Waals surface area contributed by atoms with Gasteiger partial charge in [-0.05, 0) is 38.4 Å². The molecule has 0 fully saturated rings. The molecule has 1 aromatic heterocycles. The minimum absolute atomic E-state index is 0.747. The first-order chi connectivity index (χ1) is 9.15. The van der Waals surface area contributed by atoms with Crippen molar-refractivity contribution >= 4 is 11.6 Å². The van der Waals surface area contributed by atoms with Gasteiger partial charge in [0, 0.05) is 6.54 Å². The molecule has 2 rings (SSSR count). The van der Waals surface area contributed by atoms with Crippen LogP contribution in [0.2, 0.25) is 5.02 Å². The summed E-state index contributed by atoms with van der Waals surface area (Å²) < 4.78 is 1.93. The Hall–Kier alpha value is -1.32. The molecule has 3 nitrogen and oxygen atoms in total. The molecule has 0 aliphatic heterocycles. The van der Waals surface area contributed by atoms with Crippen LogP contribution in [0.3, 0.4) is 0 Å². The van der Waals surface area contributed by atoms with E-state index in [1.54, 1.807) is 0 Å². The monoisotopic (exact) mass is 277 g/mol. The number of nitrogens with zero attached hydrogens (tertiary/aromatic N) is 2. The van der Waals surface area contributed by atoms with Crippen LogP contribution in [0.4, 0.5) is 0 Å². The van der Waals surface area contributed by atoms with E-state index in [1.165, 1.54) is 5.56 Å². The van der Waals surface area contributed by atoms with E-state index in [-0.39, 0.29) is 0 Å². The summed E-state index contributed by atoms with van der Waals surface area (Å²) in [7, 11) is 0. The molecule has 1 N–H and O–H groups in total. The predicted molar refractivity (Wildman–Crippen MR) is 80.0 cm³/mol. The number of hydrogen-bond donors (Lipinski definition) is 1. The fourth-order valence-corrected chi connectivity index (χ4v) is 2.24. The zero-order valence-electron chi connectivity index (χ0n) is 11.7. The number of halogens is 1. The van der Waals surface area contributed by atoms with Crippen molar-refractivity contribution in [2.24, 2.45) is 0 Å². The number of rotatable bonds is 5. The van der Waals surface area contributed by atoms with Crippen molar-refractivity contribution in [3.8, 4) is 5.69 Å². The predicted octanol–water partition coefficient (Wildman–Crippen LogP) is 3.64. The quantitative estimate of drug-likeness (QED) is 0.846. The molecule has 0 unspecified atom stereocenters. The molecule has 0 amide bonds. The molecule has 102 valence electrons. The highest BCUT2D eigenvalue weighted by Gasteiger charge is 2.12. The van der Waals surface area contributed by atoms with Gasteiger partial charge in [-0.3, -0.25) is 0 Å². The Morgan fingerprint density at radius 2 is 2.00 bits per heavy atom. The summed E-state index contributed by atoms with van der Waals surface area (Å²) >= 11 is 6.23. The number of nitrogens with one attached hydrogen (secondary N) is 1. The van der Waals surface area contributed by atoms with Crippen molar-refractivity contribution in [3.63, 3.8) is 0 Å².